The summed E-state index contributed by atoms with van der Waals surface area (Å²) in [6, 6.07) is 11.6. The highest BCUT2D eigenvalue weighted by molar-refractivity contribution is 6.43. The fourth-order valence-corrected chi connectivity index (χ4v) is 2.50. The quantitative estimate of drug-likeness (QED) is 0.627. The molecule has 1 heterocycles. The van der Waals surface area contributed by atoms with Crippen LogP contribution in [0.3, 0.4) is 0 Å². The smallest absolute Gasteiger partial charge is 0.153 e. The first-order valence-corrected chi connectivity index (χ1v) is 7.61. The molecule has 2 rings (SSSR count). The van der Waals surface area contributed by atoms with Gasteiger partial charge in [-0.25, -0.2) is 4.98 Å². The number of hydrogen-bond acceptors (Lipinski definition) is 2. The van der Waals surface area contributed by atoms with Crippen molar-refractivity contribution in [3.63, 3.8) is 0 Å². The Morgan fingerprint density at radius 1 is 1.05 bits per heavy atom. The van der Waals surface area contributed by atoms with E-state index in [4.69, 9.17) is 34.8 Å². The van der Waals surface area contributed by atoms with Crippen molar-refractivity contribution in [3.8, 4) is 0 Å². The van der Waals surface area contributed by atoms with Gasteiger partial charge in [-0.1, -0.05) is 66.3 Å². The molecule has 2 nitrogen and oxygen atoms in total. The Morgan fingerprint density at radius 2 is 1.75 bits per heavy atom. The Balaban J connectivity index is 2.44. The largest absolute Gasteiger partial charge is 0.325 e. The van der Waals surface area contributed by atoms with Crippen LogP contribution in [-0.4, -0.2) is 11.5 Å². The number of nitrogens with zero attached hydrogens (tertiary/aromatic N) is 2. The van der Waals surface area contributed by atoms with Crippen LogP contribution in [0, 0.1) is 0 Å². The number of para-hydroxylation sites is 1. The van der Waals surface area contributed by atoms with Crippen LogP contribution >= 0.6 is 34.8 Å². The Hall–Kier alpha value is -0.960. The lowest BCUT2D eigenvalue weighted by molar-refractivity contribution is 0.779. The van der Waals surface area contributed by atoms with Crippen LogP contribution in [0.25, 0.3) is 0 Å². The molecular weight excluding hydrogens is 315 g/mol. The van der Waals surface area contributed by atoms with Crippen LogP contribution in [0.2, 0.25) is 15.2 Å². The summed E-state index contributed by atoms with van der Waals surface area (Å²) in [6.07, 6.45) is 2.12. The van der Waals surface area contributed by atoms with Gasteiger partial charge in [0.05, 0.1) is 10.0 Å². The molecular formula is C15H15Cl3N2. The molecule has 0 atom stereocenters. The highest BCUT2D eigenvalue weighted by Gasteiger charge is 2.16. The van der Waals surface area contributed by atoms with Gasteiger partial charge in [0.15, 0.2) is 5.82 Å². The van der Waals surface area contributed by atoms with Crippen molar-refractivity contribution in [1.29, 1.82) is 0 Å². The van der Waals surface area contributed by atoms with Crippen LogP contribution in [0.1, 0.15) is 19.8 Å². The summed E-state index contributed by atoms with van der Waals surface area (Å²) in [4.78, 5) is 6.39. The van der Waals surface area contributed by atoms with Crippen molar-refractivity contribution in [2.24, 2.45) is 0 Å². The Labute approximate surface area is 134 Å². The third kappa shape index (κ3) is 3.57. The molecule has 0 saturated heterocycles. The Bertz CT molecular complexity index is 573. The second-order valence-electron chi connectivity index (χ2n) is 4.41. The summed E-state index contributed by atoms with van der Waals surface area (Å²) in [5, 5.41) is 1.13. The number of rotatable bonds is 5. The van der Waals surface area contributed by atoms with Crippen LogP contribution < -0.4 is 4.90 Å². The van der Waals surface area contributed by atoms with Crippen LogP contribution in [0.4, 0.5) is 11.5 Å². The van der Waals surface area contributed by atoms with Crippen molar-refractivity contribution in [2.45, 2.75) is 19.8 Å². The minimum atomic E-state index is 0.267. The molecule has 1 aromatic carbocycles. The monoisotopic (exact) mass is 328 g/mol. The van der Waals surface area contributed by atoms with Gasteiger partial charge in [0.2, 0.25) is 0 Å². The van der Waals surface area contributed by atoms with E-state index in [1.807, 2.05) is 30.3 Å². The Morgan fingerprint density at radius 3 is 2.40 bits per heavy atom. The van der Waals surface area contributed by atoms with Crippen molar-refractivity contribution in [1.82, 2.24) is 4.98 Å². The molecule has 0 saturated carbocycles. The van der Waals surface area contributed by atoms with E-state index in [0.29, 0.717) is 15.9 Å². The zero-order chi connectivity index (χ0) is 14.5. The average molecular weight is 330 g/mol. The third-order valence-corrected chi connectivity index (χ3v) is 3.88. The average Bonchev–Trinajstić information content (AvgIpc) is 2.45. The van der Waals surface area contributed by atoms with Crippen LogP contribution in [0.5, 0.6) is 0 Å². The first kappa shape index (κ1) is 15.4. The first-order chi connectivity index (χ1) is 9.63. The maximum absolute atomic E-state index is 6.28. The second kappa shape index (κ2) is 7.16. The van der Waals surface area contributed by atoms with Crippen molar-refractivity contribution >= 4 is 46.3 Å². The minimum Gasteiger partial charge on any atom is -0.325 e. The molecule has 20 heavy (non-hydrogen) atoms. The maximum atomic E-state index is 6.28. The molecule has 0 radical (unpaired) electrons. The summed E-state index contributed by atoms with van der Waals surface area (Å²) in [7, 11) is 0. The SMILES string of the molecule is CCCCN(c1ccccc1)c1nc(Cl)c(Cl)cc1Cl. The molecule has 106 valence electrons. The highest BCUT2D eigenvalue weighted by atomic mass is 35.5. The van der Waals surface area contributed by atoms with Gasteiger partial charge in [-0.15, -0.1) is 0 Å². The second-order valence-corrected chi connectivity index (χ2v) is 5.58. The summed E-state index contributed by atoms with van der Waals surface area (Å²) in [5.74, 6) is 0.640. The lowest BCUT2D eigenvalue weighted by atomic mass is 10.2. The van der Waals surface area contributed by atoms with E-state index in [0.717, 1.165) is 25.1 Å². The molecule has 5 heteroatoms. The number of unbranched alkanes of at least 4 members (excludes halogenated alkanes) is 1. The van der Waals surface area contributed by atoms with E-state index >= 15 is 0 Å². The van der Waals surface area contributed by atoms with Gasteiger partial charge in [-0.2, -0.15) is 0 Å². The normalized spacial score (nSPS) is 10.6. The van der Waals surface area contributed by atoms with Crippen LogP contribution in [-0.2, 0) is 0 Å². The number of benzene rings is 1. The predicted molar refractivity (Wildman–Crippen MR) is 87.6 cm³/mol. The summed E-state index contributed by atoms with van der Waals surface area (Å²) in [5.41, 5.74) is 1.04. The lowest BCUT2D eigenvalue weighted by Crippen LogP contribution is -2.20. The molecule has 0 aliphatic carbocycles. The van der Waals surface area contributed by atoms with Crippen molar-refractivity contribution < 1.29 is 0 Å². The van der Waals surface area contributed by atoms with E-state index in [2.05, 4.69) is 16.8 Å². The predicted octanol–water partition coefficient (Wildman–Crippen LogP) is 5.98. The first-order valence-electron chi connectivity index (χ1n) is 6.47. The fraction of sp³-hybridized carbons (Fsp3) is 0.267. The zero-order valence-electron chi connectivity index (χ0n) is 11.1. The summed E-state index contributed by atoms with van der Waals surface area (Å²) < 4.78 is 0. The molecule has 1 aromatic heterocycles. The number of halogens is 3. The van der Waals surface area contributed by atoms with Gasteiger partial charge in [-0.05, 0) is 24.6 Å². The zero-order valence-corrected chi connectivity index (χ0v) is 13.4. The molecule has 0 amide bonds. The molecule has 0 spiro atoms. The van der Waals surface area contributed by atoms with E-state index < -0.39 is 0 Å². The summed E-state index contributed by atoms with van der Waals surface area (Å²) >= 11 is 18.2. The van der Waals surface area contributed by atoms with Gasteiger partial charge in [0, 0.05) is 12.2 Å². The number of hydrogen-bond donors (Lipinski definition) is 0. The third-order valence-electron chi connectivity index (χ3n) is 2.93. The molecule has 0 N–H and O–H groups in total. The van der Waals surface area contributed by atoms with E-state index in [-0.39, 0.29) is 5.15 Å². The molecule has 2 aromatic rings. The van der Waals surface area contributed by atoms with E-state index in [9.17, 15) is 0 Å². The van der Waals surface area contributed by atoms with Gasteiger partial charge in [0.1, 0.15) is 5.15 Å². The molecule has 0 aliphatic heterocycles. The van der Waals surface area contributed by atoms with Gasteiger partial charge in [0.25, 0.3) is 0 Å². The fourth-order valence-electron chi connectivity index (χ4n) is 1.91. The van der Waals surface area contributed by atoms with Gasteiger partial charge in [-0.3, -0.25) is 0 Å². The van der Waals surface area contributed by atoms with Crippen molar-refractivity contribution in [3.05, 3.63) is 51.6 Å². The van der Waals surface area contributed by atoms with Gasteiger partial charge >= 0.3 is 0 Å². The van der Waals surface area contributed by atoms with E-state index in [1.54, 1.807) is 6.07 Å². The number of aromatic nitrogens is 1. The highest BCUT2D eigenvalue weighted by Crippen LogP contribution is 2.34. The topological polar surface area (TPSA) is 16.1 Å². The number of pyridine rings is 1. The summed E-state index contributed by atoms with van der Waals surface area (Å²) in [6.45, 7) is 2.97. The van der Waals surface area contributed by atoms with E-state index in [1.165, 1.54) is 0 Å². The standard InChI is InChI=1S/C15H15Cl3N2/c1-2-3-9-20(11-7-5-4-6-8-11)15-13(17)10-12(16)14(18)19-15/h4-8,10H,2-3,9H2,1H3. The Kier molecular flexibility index (Phi) is 5.53. The lowest BCUT2D eigenvalue weighted by Gasteiger charge is -2.25. The minimum absolute atomic E-state index is 0.267. The molecule has 0 unspecified atom stereocenters. The van der Waals surface area contributed by atoms with Gasteiger partial charge < -0.3 is 4.90 Å². The molecule has 0 aliphatic rings. The van der Waals surface area contributed by atoms with Crippen molar-refractivity contribution in [2.75, 3.05) is 11.4 Å². The number of anilines is 2. The molecule has 0 bridgehead atoms. The van der Waals surface area contributed by atoms with Crippen LogP contribution in [0.15, 0.2) is 36.4 Å². The molecule has 0 fully saturated rings. The maximum Gasteiger partial charge on any atom is 0.153 e.